The predicted molar refractivity (Wildman–Crippen MR) is 77.5 cm³/mol. The molecule has 0 aromatic carbocycles. The maximum absolute atomic E-state index is 11.1. The fraction of sp³-hybridized carbons (Fsp3) is 0.500. The molecule has 1 N–H and O–H groups in total. The van der Waals surface area contributed by atoms with Gasteiger partial charge < -0.3 is 5.11 Å². The summed E-state index contributed by atoms with van der Waals surface area (Å²) in [6.45, 7) is 4.25. The summed E-state index contributed by atoms with van der Waals surface area (Å²) in [5.41, 5.74) is 0.663. The van der Waals surface area contributed by atoms with Crippen LogP contribution in [0.4, 0.5) is 0 Å². The lowest BCUT2D eigenvalue weighted by Gasteiger charge is -2.12. The van der Waals surface area contributed by atoms with Crippen molar-refractivity contribution in [1.82, 2.24) is 14.6 Å². The Morgan fingerprint density at radius 2 is 2.20 bits per heavy atom. The molecule has 2 aromatic heterocycles. The number of fused-ring (bicyclic) bond motifs is 1. The number of nitrogens with zero attached hydrogens (tertiary/aromatic N) is 3. The fourth-order valence-corrected chi connectivity index (χ4v) is 2.58. The summed E-state index contributed by atoms with van der Waals surface area (Å²) in [7, 11) is 0. The van der Waals surface area contributed by atoms with Crippen LogP contribution in [0.2, 0.25) is 5.02 Å². The molecule has 0 amide bonds. The van der Waals surface area contributed by atoms with Crippen molar-refractivity contribution >= 4 is 23.2 Å². The van der Waals surface area contributed by atoms with Gasteiger partial charge in [-0.3, -0.25) is 4.40 Å². The monoisotopic (exact) mass is 295 g/mol. The van der Waals surface area contributed by atoms with Crippen LogP contribution in [0.25, 0.3) is 5.65 Å². The number of carboxylic acids is 1. The molecule has 0 saturated heterocycles. The first-order chi connectivity index (χ1) is 9.58. The van der Waals surface area contributed by atoms with Gasteiger partial charge in [-0.25, -0.2) is 4.79 Å². The van der Waals surface area contributed by atoms with Gasteiger partial charge in [0.25, 0.3) is 0 Å². The first-order valence-corrected chi connectivity index (χ1v) is 7.23. The van der Waals surface area contributed by atoms with E-state index in [4.69, 9.17) is 16.7 Å². The molecule has 0 bridgehead atoms. The van der Waals surface area contributed by atoms with E-state index in [0.29, 0.717) is 10.7 Å². The van der Waals surface area contributed by atoms with Crippen LogP contribution >= 0.6 is 11.6 Å². The normalized spacial score (nSPS) is 12.8. The molecule has 108 valence electrons. The van der Waals surface area contributed by atoms with E-state index in [1.54, 1.807) is 10.6 Å². The number of rotatable bonds is 6. The highest BCUT2D eigenvalue weighted by Gasteiger charge is 2.19. The number of hydrogen-bond acceptors (Lipinski definition) is 3. The van der Waals surface area contributed by atoms with E-state index in [1.165, 1.54) is 6.07 Å². The van der Waals surface area contributed by atoms with Gasteiger partial charge in [0.2, 0.25) is 0 Å². The Morgan fingerprint density at radius 3 is 2.80 bits per heavy atom. The largest absolute Gasteiger partial charge is 0.478 e. The molecule has 6 heteroatoms. The molecular formula is C14H18ClN3O2. The third-order valence-electron chi connectivity index (χ3n) is 3.50. The summed E-state index contributed by atoms with van der Waals surface area (Å²) in [4.78, 5) is 11.1. The van der Waals surface area contributed by atoms with Gasteiger partial charge in [-0.2, -0.15) is 0 Å². The Balaban J connectivity index is 2.50. The van der Waals surface area contributed by atoms with Crippen molar-refractivity contribution in [2.75, 3.05) is 0 Å². The van der Waals surface area contributed by atoms with Crippen LogP contribution in [-0.4, -0.2) is 25.7 Å². The number of aromatic nitrogens is 3. The highest BCUT2D eigenvalue weighted by Crippen LogP contribution is 2.27. The smallest absolute Gasteiger partial charge is 0.337 e. The molecular weight excluding hydrogens is 278 g/mol. The van der Waals surface area contributed by atoms with Gasteiger partial charge in [-0.05, 0) is 18.9 Å². The van der Waals surface area contributed by atoms with Crippen LogP contribution in [0.15, 0.2) is 12.3 Å². The maximum Gasteiger partial charge on any atom is 0.337 e. The van der Waals surface area contributed by atoms with Gasteiger partial charge in [0.1, 0.15) is 5.82 Å². The Hall–Kier alpha value is -1.62. The van der Waals surface area contributed by atoms with Crippen LogP contribution in [0.3, 0.4) is 0 Å². The lowest BCUT2D eigenvalue weighted by atomic mass is 9.98. The molecule has 0 aliphatic rings. The average molecular weight is 296 g/mol. The molecule has 1 unspecified atom stereocenters. The third-order valence-corrected chi connectivity index (χ3v) is 3.78. The molecule has 0 spiro atoms. The number of pyridine rings is 1. The van der Waals surface area contributed by atoms with E-state index in [9.17, 15) is 4.79 Å². The Kier molecular flexibility index (Phi) is 4.60. The molecule has 2 aromatic rings. The summed E-state index contributed by atoms with van der Waals surface area (Å²) in [6.07, 6.45) is 5.74. The summed E-state index contributed by atoms with van der Waals surface area (Å²) < 4.78 is 1.72. The van der Waals surface area contributed by atoms with Crippen molar-refractivity contribution in [2.24, 2.45) is 0 Å². The van der Waals surface area contributed by atoms with Crippen molar-refractivity contribution < 1.29 is 9.90 Å². The van der Waals surface area contributed by atoms with Crippen LogP contribution in [-0.2, 0) is 0 Å². The third kappa shape index (κ3) is 2.77. The van der Waals surface area contributed by atoms with Crippen LogP contribution in [0.1, 0.15) is 61.6 Å². The van der Waals surface area contributed by atoms with E-state index < -0.39 is 5.97 Å². The quantitative estimate of drug-likeness (QED) is 0.881. The second-order valence-corrected chi connectivity index (χ2v) is 5.29. The van der Waals surface area contributed by atoms with Crippen molar-refractivity contribution in [1.29, 1.82) is 0 Å². The second-order valence-electron chi connectivity index (χ2n) is 4.88. The topological polar surface area (TPSA) is 67.5 Å². The number of carboxylic acid groups (broad SMARTS) is 1. The molecule has 5 nitrogen and oxygen atoms in total. The first kappa shape index (κ1) is 14.8. The molecule has 2 rings (SSSR count). The van der Waals surface area contributed by atoms with Gasteiger partial charge in [0.15, 0.2) is 5.65 Å². The molecule has 20 heavy (non-hydrogen) atoms. The van der Waals surface area contributed by atoms with Crippen LogP contribution in [0.5, 0.6) is 0 Å². The summed E-state index contributed by atoms with van der Waals surface area (Å²) >= 11 is 6.09. The van der Waals surface area contributed by atoms with Gasteiger partial charge in [0.05, 0.1) is 10.6 Å². The van der Waals surface area contributed by atoms with Crippen molar-refractivity contribution in [3.05, 3.63) is 28.7 Å². The minimum absolute atomic E-state index is 0.147. The molecule has 0 aliphatic carbocycles. The van der Waals surface area contributed by atoms with Crippen LogP contribution < -0.4 is 0 Å². The van der Waals surface area contributed by atoms with E-state index in [0.717, 1.165) is 31.5 Å². The van der Waals surface area contributed by atoms with Crippen LogP contribution in [0, 0.1) is 0 Å². The molecule has 0 saturated carbocycles. The van der Waals surface area contributed by atoms with Crippen molar-refractivity contribution in [2.45, 2.75) is 45.4 Å². The Labute approximate surface area is 122 Å². The highest BCUT2D eigenvalue weighted by molar-refractivity contribution is 6.33. The average Bonchev–Trinajstić information content (AvgIpc) is 2.84. The molecule has 2 heterocycles. The SMILES string of the molecule is CCCCC(CC)c1nnc2c(Cl)cc(C(=O)O)cn12. The minimum atomic E-state index is -1.00. The summed E-state index contributed by atoms with van der Waals surface area (Å²) in [5.74, 6) is 0.0565. The lowest BCUT2D eigenvalue weighted by Crippen LogP contribution is -2.06. The molecule has 0 aliphatic heterocycles. The van der Waals surface area contributed by atoms with Gasteiger partial charge in [-0.1, -0.05) is 38.3 Å². The molecule has 1 atom stereocenters. The summed E-state index contributed by atoms with van der Waals surface area (Å²) in [6, 6.07) is 1.41. The number of hydrogen-bond donors (Lipinski definition) is 1. The first-order valence-electron chi connectivity index (χ1n) is 6.85. The Bertz CT molecular complexity index is 624. The summed E-state index contributed by atoms with van der Waals surface area (Å²) in [5, 5.41) is 17.7. The standard InChI is InChI=1S/C14H18ClN3O2/c1-3-5-6-9(4-2)12-16-17-13-11(15)7-10(14(19)20)8-18(12)13/h7-9H,3-6H2,1-2H3,(H,19,20). The fourth-order valence-electron chi connectivity index (χ4n) is 2.33. The molecule has 0 fully saturated rings. The van der Waals surface area contributed by atoms with Gasteiger partial charge in [-0.15, -0.1) is 10.2 Å². The number of halogens is 1. The van der Waals surface area contributed by atoms with E-state index in [1.807, 2.05) is 0 Å². The zero-order valence-corrected chi connectivity index (χ0v) is 12.4. The number of aromatic carboxylic acids is 1. The zero-order chi connectivity index (χ0) is 14.7. The predicted octanol–water partition coefficient (Wildman–Crippen LogP) is 3.76. The Morgan fingerprint density at radius 1 is 1.45 bits per heavy atom. The van der Waals surface area contributed by atoms with E-state index in [-0.39, 0.29) is 11.5 Å². The van der Waals surface area contributed by atoms with Crippen molar-refractivity contribution in [3.8, 4) is 0 Å². The minimum Gasteiger partial charge on any atom is -0.478 e. The lowest BCUT2D eigenvalue weighted by molar-refractivity contribution is 0.0696. The maximum atomic E-state index is 11.1. The van der Waals surface area contributed by atoms with Gasteiger partial charge >= 0.3 is 5.97 Å². The highest BCUT2D eigenvalue weighted by atomic mass is 35.5. The van der Waals surface area contributed by atoms with E-state index in [2.05, 4.69) is 24.0 Å². The second kappa shape index (κ2) is 6.22. The van der Waals surface area contributed by atoms with E-state index >= 15 is 0 Å². The van der Waals surface area contributed by atoms with Gasteiger partial charge in [0, 0.05) is 12.1 Å². The number of unbranched alkanes of at least 4 members (excludes halogenated alkanes) is 1. The number of carbonyl (C=O) groups is 1. The zero-order valence-electron chi connectivity index (χ0n) is 11.6. The molecule has 0 radical (unpaired) electrons. The van der Waals surface area contributed by atoms with Crippen molar-refractivity contribution in [3.63, 3.8) is 0 Å².